The lowest BCUT2D eigenvalue weighted by Gasteiger charge is -2.11. The smallest absolute Gasteiger partial charge is 0.242 e. The van der Waals surface area contributed by atoms with Gasteiger partial charge in [0.05, 0.1) is 10.9 Å². The Balaban J connectivity index is 2.20. The van der Waals surface area contributed by atoms with Gasteiger partial charge in [0, 0.05) is 30.4 Å². The zero-order chi connectivity index (χ0) is 14.8. The van der Waals surface area contributed by atoms with Crippen LogP contribution < -0.4 is 10.0 Å². The molecule has 20 heavy (non-hydrogen) atoms. The van der Waals surface area contributed by atoms with Gasteiger partial charge in [0.15, 0.2) is 0 Å². The van der Waals surface area contributed by atoms with Crippen molar-refractivity contribution in [1.82, 2.24) is 14.6 Å². The lowest BCUT2D eigenvalue weighted by molar-refractivity contribution is 0.568. The topological polar surface area (TPSA) is 63.1 Å². The summed E-state index contributed by atoms with van der Waals surface area (Å²) in [5.74, 6) is 0. The molecule has 2 aromatic rings. The third kappa shape index (κ3) is 3.29. The van der Waals surface area contributed by atoms with Gasteiger partial charge in [0.25, 0.3) is 0 Å². The highest BCUT2D eigenvalue weighted by atomic mass is 32.2. The summed E-state index contributed by atoms with van der Waals surface area (Å²) in [5, 5.41) is 4.96. The van der Waals surface area contributed by atoms with Gasteiger partial charge < -0.3 is 9.88 Å². The number of thiophene rings is 1. The quantitative estimate of drug-likeness (QED) is 0.855. The highest BCUT2D eigenvalue weighted by Crippen LogP contribution is 2.21. The highest BCUT2D eigenvalue weighted by Gasteiger charge is 2.21. The molecule has 7 heteroatoms. The fraction of sp³-hybridized carbons (Fsp3) is 0.385. The fourth-order valence-corrected chi connectivity index (χ4v) is 4.10. The van der Waals surface area contributed by atoms with Crippen molar-refractivity contribution in [1.29, 1.82) is 0 Å². The van der Waals surface area contributed by atoms with Crippen LogP contribution in [0.4, 0.5) is 0 Å². The molecule has 2 aromatic heterocycles. The van der Waals surface area contributed by atoms with Crippen LogP contribution in [0.25, 0.3) is 0 Å². The van der Waals surface area contributed by atoms with Gasteiger partial charge >= 0.3 is 0 Å². The van der Waals surface area contributed by atoms with Crippen LogP contribution in [0.1, 0.15) is 23.5 Å². The summed E-state index contributed by atoms with van der Waals surface area (Å²) in [6.45, 7) is 2.48. The van der Waals surface area contributed by atoms with Gasteiger partial charge in [-0.25, -0.2) is 13.1 Å². The Labute approximate surface area is 123 Å². The number of aryl methyl sites for hydroxylation is 1. The first-order valence-corrected chi connectivity index (χ1v) is 8.66. The molecule has 0 radical (unpaired) electrons. The van der Waals surface area contributed by atoms with Gasteiger partial charge in [-0.2, -0.15) is 0 Å². The summed E-state index contributed by atoms with van der Waals surface area (Å²) < 4.78 is 29.3. The van der Waals surface area contributed by atoms with Crippen molar-refractivity contribution in [2.24, 2.45) is 7.05 Å². The van der Waals surface area contributed by atoms with Crippen molar-refractivity contribution in [2.45, 2.75) is 24.4 Å². The van der Waals surface area contributed by atoms with Gasteiger partial charge in [-0.15, -0.1) is 11.3 Å². The SMILES string of the molecule is CNCc1cc(S(=O)(=O)NC(C)c2cccs2)cn1C. The monoisotopic (exact) mass is 313 g/mol. The van der Waals surface area contributed by atoms with Crippen LogP contribution in [0.3, 0.4) is 0 Å². The lowest BCUT2D eigenvalue weighted by Crippen LogP contribution is -2.26. The molecule has 0 aliphatic rings. The molecule has 2 rings (SSSR count). The number of nitrogens with one attached hydrogen (secondary N) is 2. The van der Waals surface area contributed by atoms with Gasteiger partial charge in [0.1, 0.15) is 0 Å². The van der Waals surface area contributed by atoms with E-state index in [-0.39, 0.29) is 6.04 Å². The highest BCUT2D eigenvalue weighted by molar-refractivity contribution is 7.89. The third-order valence-corrected chi connectivity index (χ3v) is 5.62. The fourth-order valence-electron chi connectivity index (χ4n) is 1.98. The minimum absolute atomic E-state index is 0.229. The molecule has 1 unspecified atom stereocenters. The van der Waals surface area contributed by atoms with E-state index >= 15 is 0 Å². The minimum atomic E-state index is -3.50. The largest absolute Gasteiger partial charge is 0.352 e. The van der Waals surface area contributed by atoms with E-state index in [9.17, 15) is 8.42 Å². The van der Waals surface area contributed by atoms with Crippen molar-refractivity contribution >= 4 is 21.4 Å². The molecule has 110 valence electrons. The van der Waals surface area contributed by atoms with Crippen LogP contribution in [-0.2, 0) is 23.6 Å². The Morgan fingerprint density at radius 2 is 2.20 bits per heavy atom. The lowest BCUT2D eigenvalue weighted by atomic mass is 10.3. The first-order chi connectivity index (χ1) is 9.44. The molecule has 0 aromatic carbocycles. The predicted octanol–water partition coefficient (Wildman–Crippen LogP) is 1.85. The molecule has 0 aliphatic heterocycles. The molecule has 0 spiro atoms. The molecule has 1 atom stereocenters. The van der Waals surface area contributed by atoms with Crippen molar-refractivity contribution in [3.8, 4) is 0 Å². The molecule has 0 amide bonds. The first-order valence-electron chi connectivity index (χ1n) is 6.29. The number of hydrogen-bond acceptors (Lipinski definition) is 4. The Kier molecular flexibility index (Phi) is 4.64. The van der Waals surface area contributed by atoms with Crippen LogP contribution >= 0.6 is 11.3 Å². The molecule has 0 aliphatic carbocycles. The van der Waals surface area contributed by atoms with Crippen molar-refractivity contribution in [2.75, 3.05) is 7.05 Å². The second kappa shape index (κ2) is 6.09. The van der Waals surface area contributed by atoms with E-state index in [0.29, 0.717) is 11.4 Å². The minimum Gasteiger partial charge on any atom is -0.352 e. The van der Waals surface area contributed by atoms with E-state index in [0.717, 1.165) is 10.6 Å². The van der Waals surface area contributed by atoms with Crippen LogP contribution in [0, 0.1) is 0 Å². The average molecular weight is 313 g/mol. The van der Waals surface area contributed by atoms with Gasteiger partial charge in [-0.3, -0.25) is 0 Å². The number of hydrogen-bond donors (Lipinski definition) is 2. The van der Waals surface area contributed by atoms with Gasteiger partial charge in [0.2, 0.25) is 10.0 Å². The summed E-state index contributed by atoms with van der Waals surface area (Å²) >= 11 is 1.54. The van der Waals surface area contributed by atoms with Gasteiger partial charge in [-0.05, 0) is 31.5 Å². The number of rotatable bonds is 6. The zero-order valence-corrected chi connectivity index (χ0v) is 13.4. The Morgan fingerprint density at radius 1 is 1.45 bits per heavy atom. The molecule has 0 fully saturated rings. The second-order valence-corrected chi connectivity index (χ2v) is 7.36. The standard InChI is InChI=1S/C13H19N3O2S2/c1-10(13-5-4-6-19-13)15-20(17,18)12-7-11(8-14-2)16(3)9-12/h4-7,9-10,14-15H,8H2,1-3H3. The number of nitrogens with zero attached hydrogens (tertiary/aromatic N) is 1. The molecule has 0 bridgehead atoms. The van der Waals surface area contributed by atoms with Crippen LogP contribution in [0.5, 0.6) is 0 Å². The molecule has 5 nitrogen and oxygen atoms in total. The summed E-state index contributed by atoms with van der Waals surface area (Å²) in [4.78, 5) is 1.30. The first kappa shape index (κ1) is 15.2. The second-order valence-electron chi connectivity index (χ2n) is 4.67. The summed E-state index contributed by atoms with van der Waals surface area (Å²) in [5.41, 5.74) is 0.927. The number of sulfonamides is 1. The van der Waals surface area contributed by atoms with Crippen LogP contribution in [0.15, 0.2) is 34.7 Å². The summed E-state index contributed by atoms with van der Waals surface area (Å²) in [6.07, 6.45) is 1.64. The van der Waals surface area contributed by atoms with E-state index in [4.69, 9.17) is 0 Å². The maximum atomic E-state index is 12.4. The third-order valence-electron chi connectivity index (χ3n) is 3.05. The molecular weight excluding hydrogens is 294 g/mol. The van der Waals surface area contributed by atoms with Crippen molar-refractivity contribution < 1.29 is 8.42 Å². The Morgan fingerprint density at radius 3 is 2.80 bits per heavy atom. The van der Waals surface area contributed by atoms with E-state index in [1.807, 2.05) is 43.1 Å². The molecule has 2 N–H and O–H groups in total. The Hall–Kier alpha value is -1.15. The molecule has 0 saturated carbocycles. The average Bonchev–Trinajstić information content (AvgIpc) is 3.00. The summed E-state index contributed by atoms with van der Waals surface area (Å²) in [6, 6.07) is 5.31. The van der Waals surface area contributed by atoms with E-state index in [1.54, 1.807) is 23.6 Å². The van der Waals surface area contributed by atoms with E-state index in [2.05, 4.69) is 10.0 Å². The van der Waals surface area contributed by atoms with Crippen molar-refractivity contribution in [3.05, 3.63) is 40.3 Å². The predicted molar refractivity (Wildman–Crippen MR) is 81.2 cm³/mol. The zero-order valence-electron chi connectivity index (χ0n) is 11.8. The molecular formula is C13H19N3O2S2. The summed E-state index contributed by atoms with van der Waals surface area (Å²) in [7, 11) is 0.176. The van der Waals surface area contributed by atoms with Crippen LogP contribution in [0.2, 0.25) is 0 Å². The molecule has 0 saturated heterocycles. The number of aromatic nitrogens is 1. The Bertz CT molecular complexity index is 660. The van der Waals surface area contributed by atoms with Crippen LogP contribution in [-0.4, -0.2) is 20.0 Å². The molecule has 2 heterocycles. The van der Waals surface area contributed by atoms with E-state index in [1.165, 1.54) is 0 Å². The maximum absolute atomic E-state index is 12.4. The van der Waals surface area contributed by atoms with Gasteiger partial charge in [-0.1, -0.05) is 6.07 Å². The van der Waals surface area contributed by atoms with Crippen molar-refractivity contribution in [3.63, 3.8) is 0 Å². The normalized spacial score (nSPS) is 13.6. The maximum Gasteiger partial charge on any atom is 0.242 e. The van der Waals surface area contributed by atoms with E-state index < -0.39 is 10.0 Å².